The molecule has 1 nitrogen and oxygen atoms in total. The molecule has 2 fully saturated rings. The van der Waals surface area contributed by atoms with Crippen molar-refractivity contribution in [1.82, 2.24) is 0 Å². The molecule has 1 aromatic carbocycles. The van der Waals surface area contributed by atoms with Crippen molar-refractivity contribution in [3.63, 3.8) is 0 Å². The van der Waals surface area contributed by atoms with E-state index in [2.05, 4.69) is 36.9 Å². The van der Waals surface area contributed by atoms with Crippen LogP contribution in [0.15, 0.2) is 64.0 Å². The van der Waals surface area contributed by atoms with Gasteiger partial charge in [-0.1, -0.05) is 66.2 Å². The van der Waals surface area contributed by atoms with Crippen LogP contribution in [0.1, 0.15) is 17.9 Å². The highest BCUT2D eigenvalue weighted by atomic mass is 35.5. The number of benzene rings is 1. The van der Waals surface area contributed by atoms with Crippen molar-refractivity contribution in [3.05, 3.63) is 69.6 Å². The molecule has 2 saturated carbocycles. The smallest absolute Gasteiger partial charge is 0.110 e. The molecular formula is C18H16Cl2OS. The van der Waals surface area contributed by atoms with Crippen LogP contribution in [0.3, 0.4) is 0 Å². The van der Waals surface area contributed by atoms with Gasteiger partial charge in [0.2, 0.25) is 0 Å². The number of hydrogen-bond acceptors (Lipinski definition) is 1. The Labute approximate surface area is 143 Å². The minimum Gasteiger partial charge on any atom is -0.255 e. The van der Waals surface area contributed by atoms with Crippen molar-refractivity contribution in [1.29, 1.82) is 0 Å². The molecule has 1 heterocycles. The van der Waals surface area contributed by atoms with Crippen LogP contribution >= 0.6 is 23.2 Å². The van der Waals surface area contributed by atoms with E-state index < -0.39 is 10.8 Å². The second-order valence-corrected chi connectivity index (χ2v) is 8.71. The normalized spacial score (nSPS) is 39.2. The van der Waals surface area contributed by atoms with E-state index in [1.807, 2.05) is 11.5 Å². The molecule has 1 aromatic rings. The molecule has 6 atom stereocenters. The van der Waals surface area contributed by atoms with E-state index in [1.54, 1.807) is 0 Å². The van der Waals surface area contributed by atoms with E-state index >= 15 is 0 Å². The number of hydrogen-bond donors (Lipinski definition) is 0. The Bertz CT molecular complexity index is 718. The van der Waals surface area contributed by atoms with Crippen LogP contribution in [0.4, 0.5) is 0 Å². The standard InChI is InChI=1S/C18H16Cl2OS/c1-10-13-9-14(15(10)18(19)20)16-12(7-8-22(21)17(13)16)11-5-3-2-4-6-11/h2-8,12-14,16-17H,1,9H2/t12-,13-,14+,16+,17-,22?/m1/s1. The zero-order valence-corrected chi connectivity index (χ0v) is 14.2. The zero-order valence-electron chi connectivity index (χ0n) is 11.9. The van der Waals surface area contributed by atoms with Crippen molar-refractivity contribution < 1.29 is 4.21 Å². The highest BCUT2D eigenvalue weighted by molar-refractivity contribution is 7.88. The Morgan fingerprint density at radius 1 is 1.18 bits per heavy atom. The number of allylic oxidation sites excluding steroid dienone is 3. The minimum absolute atomic E-state index is 0.143. The third kappa shape index (κ3) is 2.01. The lowest BCUT2D eigenvalue weighted by Crippen LogP contribution is -2.38. The van der Waals surface area contributed by atoms with Crippen molar-refractivity contribution in [3.8, 4) is 0 Å². The van der Waals surface area contributed by atoms with E-state index in [0.717, 1.165) is 17.6 Å². The maximum atomic E-state index is 12.6. The molecule has 2 bridgehead atoms. The first-order chi connectivity index (χ1) is 10.6. The first-order valence-electron chi connectivity index (χ1n) is 7.46. The molecule has 0 aromatic heterocycles. The summed E-state index contributed by atoms with van der Waals surface area (Å²) in [7, 11) is -0.939. The van der Waals surface area contributed by atoms with Gasteiger partial charge in [0.05, 0.1) is 0 Å². The molecule has 4 rings (SSSR count). The van der Waals surface area contributed by atoms with Crippen LogP contribution in [-0.2, 0) is 10.8 Å². The lowest BCUT2D eigenvalue weighted by molar-refractivity contribution is 0.390. The molecule has 0 radical (unpaired) electrons. The fourth-order valence-corrected chi connectivity index (χ4v) is 6.87. The maximum absolute atomic E-state index is 12.6. The maximum Gasteiger partial charge on any atom is 0.110 e. The third-order valence-corrected chi connectivity index (χ3v) is 7.42. The fraction of sp³-hybridized carbons (Fsp3) is 0.333. The second kappa shape index (κ2) is 5.36. The lowest BCUT2D eigenvalue weighted by atomic mass is 9.73. The first-order valence-corrected chi connectivity index (χ1v) is 9.49. The van der Waals surface area contributed by atoms with Gasteiger partial charge in [0.25, 0.3) is 0 Å². The van der Waals surface area contributed by atoms with Crippen LogP contribution < -0.4 is 0 Å². The fourth-order valence-electron chi connectivity index (χ4n) is 4.57. The van der Waals surface area contributed by atoms with E-state index in [4.69, 9.17) is 23.2 Å². The van der Waals surface area contributed by atoms with Gasteiger partial charge in [0.1, 0.15) is 4.49 Å². The highest BCUT2D eigenvalue weighted by Gasteiger charge is 2.57. The molecule has 0 N–H and O–H groups in total. The second-order valence-electron chi connectivity index (χ2n) is 6.28. The molecular weight excluding hydrogens is 335 g/mol. The summed E-state index contributed by atoms with van der Waals surface area (Å²) in [4.78, 5) is 0. The zero-order chi connectivity index (χ0) is 15.4. The summed E-state index contributed by atoms with van der Waals surface area (Å²) in [6, 6.07) is 10.4. The summed E-state index contributed by atoms with van der Waals surface area (Å²) < 4.78 is 12.9. The van der Waals surface area contributed by atoms with E-state index in [0.29, 0.717) is 10.4 Å². The van der Waals surface area contributed by atoms with Gasteiger partial charge in [-0.05, 0) is 46.3 Å². The van der Waals surface area contributed by atoms with Crippen molar-refractivity contribution in [2.75, 3.05) is 0 Å². The molecule has 22 heavy (non-hydrogen) atoms. The summed E-state index contributed by atoms with van der Waals surface area (Å²) in [5, 5.41) is 2.02. The monoisotopic (exact) mass is 350 g/mol. The minimum atomic E-state index is -0.939. The average molecular weight is 351 g/mol. The van der Waals surface area contributed by atoms with Crippen LogP contribution in [0.2, 0.25) is 0 Å². The third-order valence-electron chi connectivity index (χ3n) is 5.40. The molecule has 0 amide bonds. The molecule has 0 spiro atoms. The molecule has 4 heteroatoms. The van der Waals surface area contributed by atoms with Crippen LogP contribution in [0.25, 0.3) is 0 Å². The van der Waals surface area contributed by atoms with E-state index in [-0.39, 0.29) is 23.0 Å². The van der Waals surface area contributed by atoms with Gasteiger partial charge in [0.15, 0.2) is 0 Å². The van der Waals surface area contributed by atoms with Gasteiger partial charge in [-0.3, -0.25) is 4.21 Å². The SMILES string of the molecule is C=C1C(=C(Cl)Cl)[C@@H]2C[C@H]1[C@@H]1[C@H]2[C@@H](c2ccccc2)C=CS1=O. The van der Waals surface area contributed by atoms with Crippen molar-refractivity contribution in [2.24, 2.45) is 17.8 Å². The van der Waals surface area contributed by atoms with Crippen LogP contribution in [0, 0.1) is 17.8 Å². The Balaban J connectivity index is 1.82. The number of halogens is 2. The summed E-state index contributed by atoms with van der Waals surface area (Å²) in [6.45, 7) is 4.18. The molecule has 3 aliphatic rings. The quantitative estimate of drug-likeness (QED) is 0.701. The van der Waals surface area contributed by atoms with Crippen molar-refractivity contribution >= 4 is 34.0 Å². The van der Waals surface area contributed by atoms with Gasteiger partial charge in [0, 0.05) is 22.0 Å². The van der Waals surface area contributed by atoms with Gasteiger partial charge in [-0.15, -0.1) is 0 Å². The Kier molecular flexibility index (Phi) is 3.60. The molecule has 1 unspecified atom stereocenters. The first kappa shape index (κ1) is 14.7. The molecule has 1 aliphatic heterocycles. The summed E-state index contributed by atoms with van der Waals surface area (Å²) >= 11 is 12.2. The van der Waals surface area contributed by atoms with Gasteiger partial charge in [-0.25, -0.2) is 0 Å². The largest absolute Gasteiger partial charge is 0.255 e. The van der Waals surface area contributed by atoms with Gasteiger partial charge in [-0.2, -0.15) is 0 Å². The van der Waals surface area contributed by atoms with E-state index in [1.165, 1.54) is 5.56 Å². The summed E-state index contributed by atoms with van der Waals surface area (Å²) in [5.41, 5.74) is 3.28. The Hall–Kier alpha value is -0.830. The van der Waals surface area contributed by atoms with Crippen molar-refractivity contribution in [2.45, 2.75) is 17.6 Å². The average Bonchev–Trinajstić information content (AvgIpc) is 3.04. The van der Waals surface area contributed by atoms with Gasteiger partial charge >= 0.3 is 0 Å². The Morgan fingerprint density at radius 2 is 1.91 bits per heavy atom. The summed E-state index contributed by atoms with van der Waals surface area (Å²) in [6.07, 6.45) is 3.08. The number of fused-ring (bicyclic) bond motifs is 5. The molecule has 2 aliphatic carbocycles. The molecule has 0 saturated heterocycles. The number of rotatable bonds is 1. The predicted octanol–water partition coefficient (Wildman–Crippen LogP) is 4.93. The Morgan fingerprint density at radius 3 is 2.59 bits per heavy atom. The van der Waals surface area contributed by atoms with Gasteiger partial charge < -0.3 is 0 Å². The van der Waals surface area contributed by atoms with E-state index in [9.17, 15) is 4.21 Å². The van der Waals surface area contributed by atoms with Crippen LogP contribution in [-0.4, -0.2) is 9.46 Å². The predicted molar refractivity (Wildman–Crippen MR) is 93.2 cm³/mol. The summed E-state index contributed by atoms with van der Waals surface area (Å²) in [5.74, 6) is 1.09. The lowest BCUT2D eigenvalue weighted by Gasteiger charge is -2.39. The molecule has 114 valence electrons. The highest BCUT2D eigenvalue weighted by Crippen LogP contribution is 2.62. The topological polar surface area (TPSA) is 17.1 Å². The van der Waals surface area contributed by atoms with Crippen LogP contribution in [0.5, 0.6) is 0 Å².